The van der Waals surface area contributed by atoms with E-state index in [0.717, 1.165) is 19.5 Å². The highest BCUT2D eigenvalue weighted by Crippen LogP contribution is 2.22. The Morgan fingerprint density at radius 1 is 1.27 bits per heavy atom. The van der Waals surface area contributed by atoms with Crippen molar-refractivity contribution in [3.63, 3.8) is 0 Å². The molecule has 1 nitrogen and oxygen atoms in total. The third kappa shape index (κ3) is 3.59. The number of ketones is 1. The standard InChI is InChI=1S/C9H17BO/c1-9(11)5-8-10-6-3-2-4-7-10/h2-8H2,1H3. The second kappa shape index (κ2) is 4.58. The van der Waals surface area contributed by atoms with Crippen LogP contribution >= 0.6 is 0 Å². The summed E-state index contributed by atoms with van der Waals surface area (Å²) in [7, 11) is 0. The van der Waals surface area contributed by atoms with Crippen LogP contribution < -0.4 is 0 Å². The fourth-order valence-corrected chi connectivity index (χ4v) is 1.88. The van der Waals surface area contributed by atoms with Gasteiger partial charge in [0.1, 0.15) is 12.5 Å². The average molecular weight is 152 g/mol. The molecule has 0 radical (unpaired) electrons. The van der Waals surface area contributed by atoms with Crippen LogP contribution in [0.5, 0.6) is 0 Å². The highest BCUT2D eigenvalue weighted by atomic mass is 16.1. The predicted molar refractivity (Wildman–Crippen MR) is 49.3 cm³/mol. The summed E-state index contributed by atoms with van der Waals surface area (Å²) in [6, 6.07) is 0. The fraction of sp³-hybridized carbons (Fsp3) is 0.889. The van der Waals surface area contributed by atoms with Crippen LogP contribution in [0, 0.1) is 0 Å². The molecule has 62 valence electrons. The van der Waals surface area contributed by atoms with Gasteiger partial charge in [-0.05, 0) is 13.3 Å². The van der Waals surface area contributed by atoms with Gasteiger partial charge in [0.2, 0.25) is 0 Å². The minimum Gasteiger partial charge on any atom is -0.300 e. The first-order valence-corrected chi connectivity index (χ1v) is 4.78. The van der Waals surface area contributed by atoms with E-state index in [9.17, 15) is 4.79 Å². The molecule has 11 heavy (non-hydrogen) atoms. The van der Waals surface area contributed by atoms with Crippen molar-refractivity contribution < 1.29 is 4.79 Å². The zero-order valence-electron chi connectivity index (χ0n) is 7.44. The van der Waals surface area contributed by atoms with E-state index < -0.39 is 0 Å². The monoisotopic (exact) mass is 152 g/mol. The van der Waals surface area contributed by atoms with Crippen LogP contribution in [-0.4, -0.2) is 12.5 Å². The lowest BCUT2D eigenvalue weighted by molar-refractivity contribution is -0.116. The molecule has 0 aliphatic carbocycles. The molecule has 1 aliphatic rings. The summed E-state index contributed by atoms with van der Waals surface area (Å²) in [5.41, 5.74) is 0. The van der Waals surface area contributed by atoms with Gasteiger partial charge in [0, 0.05) is 0 Å². The normalized spacial score (nSPS) is 18.5. The number of Topliss-reactive ketones (excluding diaryl/α,β-unsaturated/α-hetero) is 1. The van der Waals surface area contributed by atoms with Crippen LogP contribution in [-0.2, 0) is 4.79 Å². The van der Waals surface area contributed by atoms with Gasteiger partial charge >= 0.3 is 0 Å². The zero-order valence-corrected chi connectivity index (χ0v) is 7.44. The summed E-state index contributed by atoms with van der Waals surface area (Å²) >= 11 is 0. The molecule has 1 heterocycles. The zero-order chi connectivity index (χ0) is 8.10. The maximum atomic E-state index is 10.7. The van der Waals surface area contributed by atoms with Gasteiger partial charge in [0.05, 0.1) is 0 Å². The summed E-state index contributed by atoms with van der Waals surface area (Å²) < 4.78 is 0. The molecule has 2 heteroatoms. The molecular formula is C9H17BO. The molecule has 0 aromatic carbocycles. The summed E-state index contributed by atoms with van der Waals surface area (Å²) in [6.07, 6.45) is 8.89. The summed E-state index contributed by atoms with van der Waals surface area (Å²) in [4.78, 5) is 10.7. The molecule has 1 fully saturated rings. The van der Waals surface area contributed by atoms with Crippen LogP contribution in [0.4, 0.5) is 0 Å². The quantitative estimate of drug-likeness (QED) is 0.568. The molecule has 1 aliphatic heterocycles. The number of rotatable bonds is 3. The summed E-state index contributed by atoms with van der Waals surface area (Å²) in [5.74, 6) is 0.357. The van der Waals surface area contributed by atoms with Crippen molar-refractivity contribution in [3.8, 4) is 0 Å². The molecule has 0 unspecified atom stereocenters. The Hall–Kier alpha value is -0.265. The van der Waals surface area contributed by atoms with Crippen LogP contribution in [0.1, 0.15) is 32.6 Å². The van der Waals surface area contributed by atoms with Crippen molar-refractivity contribution >= 4 is 12.5 Å². The fourth-order valence-electron chi connectivity index (χ4n) is 1.88. The van der Waals surface area contributed by atoms with Gasteiger partial charge in [-0.25, -0.2) is 0 Å². The van der Waals surface area contributed by atoms with Crippen LogP contribution in [0.2, 0.25) is 19.0 Å². The van der Waals surface area contributed by atoms with Crippen molar-refractivity contribution in [2.45, 2.75) is 51.6 Å². The van der Waals surface area contributed by atoms with Crippen molar-refractivity contribution in [1.82, 2.24) is 0 Å². The Kier molecular flexibility index (Phi) is 3.68. The van der Waals surface area contributed by atoms with Gasteiger partial charge in [0.15, 0.2) is 0 Å². The van der Waals surface area contributed by atoms with E-state index in [-0.39, 0.29) is 0 Å². The second-order valence-corrected chi connectivity index (χ2v) is 3.74. The molecular weight excluding hydrogens is 135 g/mol. The third-order valence-electron chi connectivity index (χ3n) is 2.63. The van der Waals surface area contributed by atoms with E-state index in [0.29, 0.717) is 5.78 Å². The Labute approximate surface area is 69.6 Å². The third-order valence-corrected chi connectivity index (χ3v) is 2.63. The molecule has 0 atom stereocenters. The molecule has 0 saturated carbocycles. The van der Waals surface area contributed by atoms with Crippen molar-refractivity contribution in [2.75, 3.05) is 0 Å². The maximum Gasteiger partial charge on any atom is 0.140 e. The minimum absolute atomic E-state index is 0.357. The predicted octanol–water partition coefficient (Wildman–Crippen LogP) is 2.64. The number of carbonyl (C=O) groups excluding carboxylic acids is 1. The largest absolute Gasteiger partial charge is 0.300 e. The van der Waals surface area contributed by atoms with Gasteiger partial charge in [-0.2, -0.15) is 0 Å². The van der Waals surface area contributed by atoms with Gasteiger partial charge < -0.3 is 4.79 Å². The average Bonchev–Trinajstić information content (AvgIpc) is 2.03. The molecule has 0 aromatic heterocycles. The first kappa shape index (κ1) is 8.83. The first-order valence-electron chi connectivity index (χ1n) is 4.78. The van der Waals surface area contributed by atoms with Crippen LogP contribution in [0.25, 0.3) is 0 Å². The Morgan fingerprint density at radius 2 is 1.91 bits per heavy atom. The lowest BCUT2D eigenvalue weighted by Crippen LogP contribution is -2.16. The van der Waals surface area contributed by atoms with Gasteiger partial charge in [-0.1, -0.05) is 38.2 Å². The minimum atomic E-state index is 0.357. The Morgan fingerprint density at radius 3 is 2.45 bits per heavy atom. The maximum absolute atomic E-state index is 10.7. The van der Waals surface area contributed by atoms with Crippen LogP contribution in [0.3, 0.4) is 0 Å². The second-order valence-electron chi connectivity index (χ2n) is 3.74. The lowest BCUT2D eigenvalue weighted by Gasteiger charge is -2.17. The van der Waals surface area contributed by atoms with Crippen molar-refractivity contribution in [3.05, 3.63) is 0 Å². The Balaban J connectivity index is 2.09. The molecule has 0 spiro atoms. The van der Waals surface area contributed by atoms with E-state index in [1.807, 2.05) is 0 Å². The number of hydrogen-bond acceptors (Lipinski definition) is 1. The van der Waals surface area contributed by atoms with Crippen molar-refractivity contribution in [1.29, 1.82) is 0 Å². The number of hydrogen-bond donors (Lipinski definition) is 0. The topological polar surface area (TPSA) is 17.1 Å². The van der Waals surface area contributed by atoms with E-state index in [1.54, 1.807) is 6.92 Å². The molecule has 0 aromatic rings. The van der Waals surface area contributed by atoms with E-state index in [2.05, 4.69) is 0 Å². The SMILES string of the molecule is CC(=O)CCB1CCCCC1. The van der Waals surface area contributed by atoms with Crippen molar-refractivity contribution in [2.24, 2.45) is 0 Å². The summed E-state index contributed by atoms with van der Waals surface area (Å²) in [5, 5.41) is 0. The molecule has 1 saturated heterocycles. The van der Waals surface area contributed by atoms with Gasteiger partial charge in [0.25, 0.3) is 0 Å². The molecule has 1 rings (SSSR count). The van der Waals surface area contributed by atoms with E-state index in [1.165, 1.54) is 31.9 Å². The first-order chi connectivity index (χ1) is 5.29. The molecule has 0 amide bonds. The highest BCUT2D eigenvalue weighted by molar-refractivity contribution is 6.59. The van der Waals surface area contributed by atoms with Gasteiger partial charge in [-0.15, -0.1) is 0 Å². The van der Waals surface area contributed by atoms with Crippen LogP contribution in [0.15, 0.2) is 0 Å². The van der Waals surface area contributed by atoms with E-state index >= 15 is 0 Å². The number of carbonyl (C=O) groups is 1. The Bertz CT molecular complexity index is 128. The molecule has 0 bridgehead atoms. The lowest BCUT2D eigenvalue weighted by atomic mass is 9.39. The smallest absolute Gasteiger partial charge is 0.140 e. The highest BCUT2D eigenvalue weighted by Gasteiger charge is 2.16. The molecule has 0 N–H and O–H groups in total. The van der Waals surface area contributed by atoms with E-state index in [4.69, 9.17) is 0 Å². The van der Waals surface area contributed by atoms with Gasteiger partial charge in [-0.3, -0.25) is 0 Å². The summed E-state index contributed by atoms with van der Waals surface area (Å²) in [6.45, 7) is 2.57.